The fraction of sp³-hybridized carbons (Fsp3) is 0.750. The molecule has 0 amide bonds. The molecule has 82 valence electrons. The highest BCUT2D eigenvalue weighted by Crippen LogP contribution is 2.19. The smallest absolute Gasteiger partial charge is 0.152 e. The molecule has 2 unspecified atom stereocenters. The Labute approximate surface area is 87.3 Å². The minimum atomic E-state index is 0.0823. The Kier molecular flexibility index (Phi) is 6.46. The molecule has 14 heavy (non-hydrogen) atoms. The Morgan fingerprint density at radius 1 is 1.43 bits per heavy atom. The molecule has 0 saturated carbocycles. The Hall–Kier alpha value is -0.630. The third-order valence-electron chi connectivity index (χ3n) is 2.39. The average molecular weight is 198 g/mol. The van der Waals surface area contributed by atoms with Crippen LogP contribution in [-0.2, 0) is 9.53 Å². The van der Waals surface area contributed by atoms with Gasteiger partial charge >= 0.3 is 0 Å². The van der Waals surface area contributed by atoms with Crippen molar-refractivity contribution in [3.8, 4) is 0 Å². The predicted octanol–water partition coefficient (Wildman–Crippen LogP) is 2.97. The summed E-state index contributed by atoms with van der Waals surface area (Å²) >= 11 is 0. The Balaban J connectivity index is 4.46. The number of ketones is 1. The quantitative estimate of drug-likeness (QED) is 0.613. The lowest BCUT2D eigenvalue weighted by Crippen LogP contribution is -2.22. The number of hydrogen-bond donors (Lipinski definition) is 0. The molecule has 0 aliphatic heterocycles. The molecular weight excluding hydrogens is 176 g/mol. The highest BCUT2D eigenvalue weighted by atomic mass is 16.5. The lowest BCUT2D eigenvalue weighted by Gasteiger charge is -2.22. The van der Waals surface area contributed by atoms with Gasteiger partial charge in [0.25, 0.3) is 0 Å². The highest BCUT2D eigenvalue weighted by Gasteiger charge is 2.17. The highest BCUT2D eigenvalue weighted by molar-refractivity contribution is 5.88. The molecule has 0 N–H and O–H groups in total. The Morgan fingerprint density at radius 2 is 2.00 bits per heavy atom. The number of carbonyl (C=O) groups is 1. The van der Waals surface area contributed by atoms with E-state index in [-0.39, 0.29) is 11.9 Å². The van der Waals surface area contributed by atoms with Crippen molar-refractivity contribution >= 4 is 5.78 Å². The van der Waals surface area contributed by atoms with E-state index in [4.69, 9.17) is 4.74 Å². The van der Waals surface area contributed by atoms with Crippen LogP contribution in [-0.4, -0.2) is 19.0 Å². The van der Waals surface area contributed by atoms with Gasteiger partial charge in [0.05, 0.1) is 6.10 Å². The normalized spacial score (nSPS) is 16.5. The van der Waals surface area contributed by atoms with Crippen molar-refractivity contribution in [2.45, 2.75) is 46.6 Å². The molecule has 0 spiro atoms. The number of allylic oxidation sites excluding steroid dienone is 1. The Morgan fingerprint density at radius 3 is 2.36 bits per heavy atom. The van der Waals surface area contributed by atoms with Crippen molar-refractivity contribution in [1.29, 1.82) is 0 Å². The van der Waals surface area contributed by atoms with Crippen LogP contribution < -0.4 is 0 Å². The SMILES string of the molecule is CCCC(C)C(OC)C(C)=CC(C)=O. The van der Waals surface area contributed by atoms with Crippen LogP contribution >= 0.6 is 0 Å². The summed E-state index contributed by atoms with van der Waals surface area (Å²) in [5.41, 5.74) is 1.03. The van der Waals surface area contributed by atoms with E-state index in [1.54, 1.807) is 20.1 Å². The molecule has 0 aromatic heterocycles. The summed E-state index contributed by atoms with van der Waals surface area (Å²) in [5.74, 6) is 0.564. The molecule has 0 fully saturated rings. The summed E-state index contributed by atoms with van der Waals surface area (Å²) in [6.45, 7) is 7.85. The van der Waals surface area contributed by atoms with E-state index in [2.05, 4.69) is 13.8 Å². The second-order valence-corrected chi connectivity index (χ2v) is 3.92. The van der Waals surface area contributed by atoms with Crippen molar-refractivity contribution in [2.75, 3.05) is 7.11 Å². The average Bonchev–Trinajstić information content (AvgIpc) is 2.04. The molecular formula is C12H22O2. The van der Waals surface area contributed by atoms with Gasteiger partial charge in [0.1, 0.15) is 0 Å². The van der Waals surface area contributed by atoms with Gasteiger partial charge in [0, 0.05) is 7.11 Å². The maximum absolute atomic E-state index is 10.9. The van der Waals surface area contributed by atoms with E-state index in [0.29, 0.717) is 5.92 Å². The first-order valence-electron chi connectivity index (χ1n) is 5.24. The minimum absolute atomic E-state index is 0.0823. The van der Waals surface area contributed by atoms with Crippen LogP contribution in [0.15, 0.2) is 11.6 Å². The first kappa shape index (κ1) is 13.4. The van der Waals surface area contributed by atoms with Crippen LogP contribution in [0.4, 0.5) is 0 Å². The predicted molar refractivity (Wildman–Crippen MR) is 59.3 cm³/mol. The second kappa shape index (κ2) is 6.77. The summed E-state index contributed by atoms with van der Waals surface area (Å²) in [6, 6.07) is 0. The van der Waals surface area contributed by atoms with E-state index in [0.717, 1.165) is 18.4 Å². The van der Waals surface area contributed by atoms with Gasteiger partial charge in [0.15, 0.2) is 5.78 Å². The third-order valence-corrected chi connectivity index (χ3v) is 2.39. The maximum Gasteiger partial charge on any atom is 0.152 e. The molecule has 0 heterocycles. The molecule has 2 atom stereocenters. The van der Waals surface area contributed by atoms with Crippen LogP contribution in [0, 0.1) is 5.92 Å². The van der Waals surface area contributed by atoms with E-state index in [1.807, 2.05) is 6.92 Å². The molecule has 0 aromatic carbocycles. The van der Waals surface area contributed by atoms with Crippen LogP contribution in [0.5, 0.6) is 0 Å². The van der Waals surface area contributed by atoms with Crippen molar-refractivity contribution in [2.24, 2.45) is 5.92 Å². The monoisotopic (exact) mass is 198 g/mol. The number of rotatable bonds is 6. The van der Waals surface area contributed by atoms with Crippen molar-refractivity contribution in [3.63, 3.8) is 0 Å². The van der Waals surface area contributed by atoms with E-state index in [1.165, 1.54) is 0 Å². The van der Waals surface area contributed by atoms with Gasteiger partial charge in [-0.15, -0.1) is 0 Å². The van der Waals surface area contributed by atoms with Crippen molar-refractivity contribution < 1.29 is 9.53 Å². The largest absolute Gasteiger partial charge is 0.377 e. The zero-order valence-electron chi connectivity index (χ0n) is 9.96. The van der Waals surface area contributed by atoms with Crippen LogP contribution in [0.2, 0.25) is 0 Å². The van der Waals surface area contributed by atoms with Gasteiger partial charge in [-0.2, -0.15) is 0 Å². The number of carbonyl (C=O) groups excluding carboxylic acids is 1. The topological polar surface area (TPSA) is 26.3 Å². The molecule has 0 bridgehead atoms. The molecule has 0 aliphatic rings. The van der Waals surface area contributed by atoms with Crippen LogP contribution in [0.3, 0.4) is 0 Å². The molecule has 0 saturated heterocycles. The molecule has 0 aliphatic carbocycles. The molecule has 2 heteroatoms. The third kappa shape index (κ3) is 4.56. The molecule has 0 radical (unpaired) electrons. The maximum atomic E-state index is 10.9. The lowest BCUT2D eigenvalue weighted by atomic mass is 9.93. The van der Waals surface area contributed by atoms with Gasteiger partial charge in [0.2, 0.25) is 0 Å². The number of methoxy groups -OCH3 is 1. The van der Waals surface area contributed by atoms with E-state index < -0.39 is 0 Å². The zero-order chi connectivity index (χ0) is 11.1. The fourth-order valence-corrected chi connectivity index (χ4v) is 1.88. The summed E-state index contributed by atoms with van der Waals surface area (Å²) in [6.07, 6.45) is 4.02. The van der Waals surface area contributed by atoms with E-state index >= 15 is 0 Å². The lowest BCUT2D eigenvalue weighted by molar-refractivity contribution is -0.112. The minimum Gasteiger partial charge on any atom is -0.377 e. The van der Waals surface area contributed by atoms with Gasteiger partial charge in [-0.3, -0.25) is 4.79 Å². The van der Waals surface area contributed by atoms with Crippen LogP contribution in [0.1, 0.15) is 40.5 Å². The second-order valence-electron chi connectivity index (χ2n) is 3.92. The van der Waals surface area contributed by atoms with E-state index in [9.17, 15) is 4.79 Å². The van der Waals surface area contributed by atoms with Gasteiger partial charge < -0.3 is 4.74 Å². The molecule has 0 aromatic rings. The van der Waals surface area contributed by atoms with Crippen molar-refractivity contribution in [1.82, 2.24) is 0 Å². The first-order valence-corrected chi connectivity index (χ1v) is 5.24. The number of hydrogen-bond acceptors (Lipinski definition) is 2. The van der Waals surface area contributed by atoms with Crippen LogP contribution in [0.25, 0.3) is 0 Å². The number of ether oxygens (including phenoxy) is 1. The standard InChI is InChI=1S/C12H22O2/c1-6-7-9(2)12(14-5)10(3)8-11(4)13/h8-9,12H,6-7H2,1-5H3. The summed E-state index contributed by atoms with van der Waals surface area (Å²) in [4.78, 5) is 10.9. The molecule has 0 rings (SSSR count). The fourth-order valence-electron chi connectivity index (χ4n) is 1.88. The van der Waals surface area contributed by atoms with Crippen molar-refractivity contribution in [3.05, 3.63) is 11.6 Å². The molecule has 2 nitrogen and oxygen atoms in total. The summed E-state index contributed by atoms with van der Waals surface area (Å²) in [7, 11) is 1.70. The Bertz CT molecular complexity index is 206. The summed E-state index contributed by atoms with van der Waals surface area (Å²) in [5, 5.41) is 0. The van der Waals surface area contributed by atoms with Gasteiger partial charge in [-0.1, -0.05) is 20.3 Å². The first-order chi connectivity index (χ1) is 6.52. The van der Waals surface area contributed by atoms with Gasteiger partial charge in [-0.25, -0.2) is 0 Å². The zero-order valence-corrected chi connectivity index (χ0v) is 9.96. The van der Waals surface area contributed by atoms with Gasteiger partial charge in [-0.05, 0) is 37.8 Å². The summed E-state index contributed by atoms with van der Waals surface area (Å²) < 4.78 is 5.41.